The molecule has 5 nitrogen and oxygen atoms in total. The lowest BCUT2D eigenvalue weighted by atomic mass is 10.2. The second kappa shape index (κ2) is 7.89. The first-order valence-corrected chi connectivity index (χ1v) is 8.44. The molecule has 0 atom stereocenters. The molecule has 0 aliphatic carbocycles. The van der Waals surface area contributed by atoms with Gasteiger partial charge < -0.3 is 10.6 Å². The Morgan fingerprint density at radius 1 is 1.09 bits per heavy atom. The van der Waals surface area contributed by atoms with Crippen LogP contribution < -0.4 is 10.6 Å². The Morgan fingerprint density at radius 2 is 1.86 bits per heavy atom. The van der Waals surface area contributed by atoms with Crippen molar-refractivity contribution < 1.29 is 9.59 Å². The molecule has 0 bridgehead atoms. The number of aromatic nitrogens is 1. The molecule has 6 heteroatoms. The van der Waals surface area contributed by atoms with Crippen molar-refractivity contribution in [3.8, 4) is 0 Å². The monoisotopic (exact) mass is 319 g/mol. The summed E-state index contributed by atoms with van der Waals surface area (Å²) in [5.74, 6) is 0.0110. The maximum Gasteiger partial charge on any atom is 0.226 e. The minimum absolute atomic E-state index is 0.0188. The van der Waals surface area contributed by atoms with Crippen molar-refractivity contribution in [2.45, 2.75) is 46.0 Å². The molecule has 0 aliphatic heterocycles. The third kappa shape index (κ3) is 4.53. The van der Waals surface area contributed by atoms with E-state index in [9.17, 15) is 9.59 Å². The highest BCUT2D eigenvalue weighted by molar-refractivity contribution is 7.22. The first kappa shape index (κ1) is 16.4. The van der Waals surface area contributed by atoms with E-state index < -0.39 is 0 Å². The lowest BCUT2D eigenvalue weighted by Crippen LogP contribution is -2.10. The van der Waals surface area contributed by atoms with Gasteiger partial charge in [-0.05, 0) is 31.0 Å². The summed E-state index contributed by atoms with van der Waals surface area (Å²) in [6, 6.07) is 5.59. The second-order valence-corrected chi connectivity index (χ2v) is 6.18. The molecule has 0 unspecified atom stereocenters. The zero-order valence-corrected chi connectivity index (χ0v) is 13.8. The zero-order valence-electron chi connectivity index (χ0n) is 12.9. The van der Waals surface area contributed by atoms with Crippen LogP contribution in [-0.2, 0) is 9.59 Å². The Hall–Kier alpha value is -1.95. The summed E-state index contributed by atoms with van der Waals surface area (Å²) in [6.45, 7) is 4.02. The number of fused-ring (bicyclic) bond motifs is 1. The van der Waals surface area contributed by atoms with Crippen molar-refractivity contribution in [2.75, 3.05) is 10.6 Å². The Bertz CT molecular complexity index is 666. The number of carbonyl (C=O) groups is 2. The van der Waals surface area contributed by atoms with Crippen molar-refractivity contribution in [2.24, 2.45) is 0 Å². The summed E-state index contributed by atoms with van der Waals surface area (Å²) >= 11 is 1.42. The molecule has 2 aromatic rings. The van der Waals surface area contributed by atoms with Gasteiger partial charge in [0.2, 0.25) is 11.8 Å². The fraction of sp³-hybridized carbons (Fsp3) is 0.438. The molecule has 0 saturated heterocycles. The number of unbranched alkanes of at least 4 members (excludes halogenated alkanes) is 1. The van der Waals surface area contributed by atoms with Gasteiger partial charge in [-0.15, -0.1) is 0 Å². The number of carbonyl (C=O) groups excluding carboxylic acids is 2. The van der Waals surface area contributed by atoms with Gasteiger partial charge in [0, 0.05) is 18.5 Å². The smallest absolute Gasteiger partial charge is 0.226 e. The van der Waals surface area contributed by atoms with Crippen LogP contribution in [0.3, 0.4) is 0 Å². The highest BCUT2D eigenvalue weighted by Crippen LogP contribution is 2.28. The second-order valence-electron chi connectivity index (χ2n) is 5.15. The number of hydrogen-bond donors (Lipinski definition) is 2. The molecule has 1 aromatic heterocycles. The van der Waals surface area contributed by atoms with Crippen molar-refractivity contribution in [1.82, 2.24) is 4.98 Å². The lowest BCUT2D eigenvalue weighted by Gasteiger charge is -2.04. The SMILES string of the molecule is CCCCC(=O)Nc1ccc2nc(NC(=O)CCC)sc2c1. The van der Waals surface area contributed by atoms with E-state index in [4.69, 9.17) is 0 Å². The van der Waals surface area contributed by atoms with Crippen LogP contribution in [0.2, 0.25) is 0 Å². The molecule has 1 heterocycles. The molecule has 22 heavy (non-hydrogen) atoms. The largest absolute Gasteiger partial charge is 0.326 e. The van der Waals surface area contributed by atoms with E-state index in [-0.39, 0.29) is 11.8 Å². The molecule has 0 spiro atoms. The summed E-state index contributed by atoms with van der Waals surface area (Å²) in [6.07, 6.45) is 3.74. The van der Waals surface area contributed by atoms with E-state index in [1.165, 1.54) is 11.3 Å². The third-order valence-corrected chi connectivity index (χ3v) is 4.09. The Labute approximate surface area is 134 Å². The fourth-order valence-corrected chi connectivity index (χ4v) is 2.95. The average Bonchev–Trinajstić information content (AvgIpc) is 2.86. The molecular formula is C16H21N3O2S. The number of amides is 2. The van der Waals surface area contributed by atoms with Crippen LogP contribution in [0, 0.1) is 0 Å². The number of benzene rings is 1. The molecule has 0 aliphatic rings. The molecule has 1 aromatic carbocycles. The lowest BCUT2D eigenvalue weighted by molar-refractivity contribution is -0.117. The number of hydrogen-bond acceptors (Lipinski definition) is 4. The summed E-state index contributed by atoms with van der Waals surface area (Å²) in [7, 11) is 0. The Kier molecular flexibility index (Phi) is 5.89. The van der Waals surface area contributed by atoms with Gasteiger partial charge in [0.15, 0.2) is 5.13 Å². The quantitative estimate of drug-likeness (QED) is 0.805. The van der Waals surface area contributed by atoms with E-state index in [0.29, 0.717) is 18.0 Å². The van der Waals surface area contributed by atoms with Crippen LogP contribution >= 0.6 is 11.3 Å². The predicted octanol–water partition coefficient (Wildman–Crippen LogP) is 4.16. The molecule has 0 saturated carbocycles. The highest BCUT2D eigenvalue weighted by Gasteiger charge is 2.09. The number of anilines is 2. The Morgan fingerprint density at radius 3 is 2.59 bits per heavy atom. The summed E-state index contributed by atoms with van der Waals surface area (Å²) in [4.78, 5) is 27.7. The van der Waals surface area contributed by atoms with Crippen LogP contribution in [0.1, 0.15) is 46.0 Å². The van der Waals surface area contributed by atoms with Crippen molar-refractivity contribution in [1.29, 1.82) is 0 Å². The van der Waals surface area contributed by atoms with Crippen LogP contribution in [-0.4, -0.2) is 16.8 Å². The molecule has 0 radical (unpaired) electrons. The van der Waals surface area contributed by atoms with Crippen LogP contribution in [0.4, 0.5) is 10.8 Å². The van der Waals surface area contributed by atoms with Gasteiger partial charge in [0.05, 0.1) is 10.2 Å². The summed E-state index contributed by atoms with van der Waals surface area (Å²) < 4.78 is 0.945. The highest BCUT2D eigenvalue weighted by atomic mass is 32.1. The van der Waals surface area contributed by atoms with E-state index in [1.54, 1.807) is 0 Å². The van der Waals surface area contributed by atoms with E-state index >= 15 is 0 Å². The standard InChI is InChI=1S/C16H21N3O2S/c1-3-5-7-15(21)17-11-8-9-12-13(10-11)22-16(18-12)19-14(20)6-4-2/h8-10H,3-7H2,1-2H3,(H,17,21)(H,18,19,20). The van der Waals surface area contributed by atoms with E-state index in [0.717, 1.165) is 35.2 Å². The van der Waals surface area contributed by atoms with Crippen molar-refractivity contribution in [3.63, 3.8) is 0 Å². The minimum atomic E-state index is -0.0188. The van der Waals surface area contributed by atoms with Gasteiger partial charge in [-0.3, -0.25) is 9.59 Å². The normalized spacial score (nSPS) is 10.6. The van der Waals surface area contributed by atoms with Gasteiger partial charge in [-0.2, -0.15) is 0 Å². The minimum Gasteiger partial charge on any atom is -0.326 e. The van der Waals surface area contributed by atoms with E-state index in [1.807, 2.05) is 25.1 Å². The van der Waals surface area contributed by atoms with Gasteiger partial charge >= 0.3 is 0 Å². The zero-order chi connectivity index (χ0) is 15.9. The maximum absolute atomic E-state index is 11.7. The number of nitrogens with zero attached hydrogens (tertiary/aromatic N) is 1. The molecular weight excluding hydrogens is 298 g/mol. The third-order valence-electron chi connectivity index (χ3n) is 3.15. The molecule has 2 rings (SSSR count). The fourth-order valence-electron chi connectivity index (χ4n) is 2.03. The molecule has 2 N–H and O–H groups in total. The number of nitrogens with one attached hydrogen (secondary N) is 2. The van der Waals surface area contributed by atoms with Crippen molar-refractivity contribution >= 4 is 44.2 Å². The average molecular weight is 319 g/mol. The topological polar surface area (TPSA) is 71.1 Å². The maximum atomic E-state index is 11.7. The summed E-state index contributed by atoms with van der Waals surface area (Å²) in [5, 5.41) is 6.29. The summed E-state index contributed by atoms with van der Waals surface area (Å²) in [5.41, 5.74) is 1.59. The molecule has 0 fully saturated rings. The van der Waals surface area contributed by atoms with Crippen LogP contribution in [0.25, 0.3) is 10.2 Å². The molecule has 2 amide bonds. The van der Waals surface area contributed by atoms with Gasteiger partial charge in [-0.1, -0.05) is 31.6 Å². The van der Waals surface area contributed by atoms with E-state index in [2.05, 4.69) is 22.5 Å². The van der Waals surface area contributed by atoms with Gasteiger partial charge in [0.1, 0.15) is 0 Å². The molecule has 118 valence electrons. The Balaban J connectivity index is 2.07. The number of rotatable bonds is 7. The predicted molar refractivity (Wildman–Crippen MR) is 91.3 cm³/mol. The van der Waals surface area contributed by atoms with Crippen LogP contribution in [0.5, 0.6) is 0 Å². The van der Waals surface area contributed by atoms with Crippen LogP contribution in [0.15, 0.2) is 18.2 Å². The van der Waals surface area contributed by atoms with Gasteiger partial charge in [0.25, 0.3) is 0 Å². The first-order chi connectivity index (χ1) is 10.6. The first-order valence-electron chi connectivity index (χ1n) is 7.62. The van der Waals surface area contributed by atoms with Crippen molar-refractivity contribution in [3.05, 3.63) is 18.2 Å². The number of thiazole rings is 1. The van der Waals surface area contributed by atoms with Gasteiger partial charge in [-0.25, -0.2) is 4.98 Å².